The Bertz CT molecular complexity index is 2070. The number of carbonyl (C=O) groups excluding carboxylic acids is 3. The molecule has 59 heavy (non-hydrogen) atoms. The molecule has 5 bridgehead atoms. The van der Waals surface area contributed by atoms with E-state index >= 15 is 0 Å². The number of fused-ring (bicyclic) bond motifs is 14. The third-order valence-corrected chi connectivity index (χ3v) is 11.3. The van der Waals surface area contributed by atoms with E-state index in [1.54, 1.807) is 39.8 Å². The third-order valence-electron chi connectivity index (χ3n) is 11.3. The second kappa shape index (κ2) is 19.1. The van der Waals surface area contributed by atoms with Crippen LogP contribution in [-0.4, -0.2) is 111 Å². The zero-order valence-electron chi connectivity index (χ0n) is 35.5. The Morgan fingerprint density at radius 1 is 0.949 bits per heavy atom. The summed E-state index contributed by atoms with van der Waals surface area (Å²) in [7, 11) is 1.43. The number of aromatic hydroxyl groups is 3. The molecule has 16 heteroatoms. The monoisotopic (exact) mass is 822 g/mol. The highest BCUT2D eigenvalue weighted by atomic mass is 16.7. The standard InChI is InChI=1S/C43H58N4O12/c1-12-47(13-2)20-45-44-19-28-33-38(53)31-30(37(28)52)32-40(26(8)36(31)51)59-43(10,41(32)54)57-18-17-29(56-11)23(5)39(58-27(9)48)25(7)35(50)24(6)34(49)21(3)15-14-16-22(4)42(55)46-33/h14-21,23-25,29,34-35,39,49-53H,12-13H2,1-11H3,(H,46,55)/b15-14+,18-17+,22-16-,44-19+,45-20+/t21-,23-,24-,25+,29+,34+,35+,39-,43+/m1/s1. The van der Waals surface area contributed by atoms with Crippen molar-refractivity contribution in [3.05, 3.63) is 52.8 Å². The number of rotatable bonds is 7. The number of anilines is 1. The van der Waals surface area contributed by atoms with Crippen LogP contribution in [0.5, 0.6) is 23.0 Å². The van der Waals surface area contributed by atoms with Gasteiger partial charge in [0.2, 0.25) is 0 Å². The number of hydrogen-bond donors (Lipinski definition) is 6. The molecule has 3 heterocycles. The molecule has 16 nitrogen and oxygen atoms in total. The summed E-state index contributed by atoms with van der Waals surface area (Å²) in [6.07, 6.45) is 6.02. The summed E-state index contributed by atoms with van der Waals surface area (Å²) in [6.45, 7) is 17.6. The van der Waals surface area contributed by atoms with Crippen LogP contribution in [0.4, 0.5) is 5.69 Å². The number of aliphatic hydroxyl groups is 2. The van der Waals surface area contributed by atoms with Crippen LogP contribution in [0.15, 0.2) is 46.3 Å². The summed E-state index contributed by atoms with van der Waals surface area (Å²) in [6, 6.07) is 0. The zero-order valence-corrected chi connectivity index (χ0v) is 35.5. The van der Waals surface area contributed by atoms with Crippen LogP contribution in [-0.2, 0) is 23.8 Å². The quantitative estimate of drug-likeness (QED) is 0.0510. The molecule has 2 aromatic carbocycles. The topological polar surface area (TPSA) is 229 Å². The zero-order chi connectivity index (χ0) is 44.1. The smallest absolute Gasteiger partial charge is 0.312 e. The number of carbonyl (C=O) groups is 3. The van der Waals surface area contributed by atoms with Gasteiger partial charge in [-0.25, -0.2) is 0 Å². The van der Waals surface area contributed by atoms with Gasteiger partial charge in [-0.15, -0.1) is 5.10 Å². The largest absolute Gasteiger partial charge is 0.507 e. The Morgan fingerprint density at radius 2 is 1.61 bits per heavy atom. The lowest BCUT2D eigenvalue weighted by atomic mass is 9.78. The van der Waals surface area contributed by atoms with Gasteiger partial charge in [0.25, 0.3) is 11.7 Å². The van der Waals surface area contributed by atoms with E-state index in [2.05, 4.69) is 15.5 Å². The summed E-state index contributed by atoms with van der Waals surface area (Å²) in [5.74, 6) is -8.63. The van der Waals surface area contributed by atoms with Gasteiger partial charge in [0, 0.05) is 74.2 Å². The van der Waals surface area contributed by atoms with Gasteiger partial charge < -0.3 is 54.7 Å². The van der Waals surface area contributed by atoms with Crippen LogP contribution in [0.1, 0.15) is 83.8 Å². The third kappa shape index (κ3) is 9.40. The molecule has 6 N–H and O–H groups in total. The number of benzene rings is 2. The highest BCUT2D eigenvalue weighted by Crippen LogP contribution is 2.55. The number of hydrogen-bond acceptors (Lipinski definition) is 14. The number of nitrogens with one attached hydrogen (secondary N) is 1. The number of phenols is 3. The molecule has 0 aromatic heterocycles. The van der Waals surface area contributed by atoms with Gasteiger partial charge in [-0.3, -0.25) is 14.4 Å². The van der Waals surface area contributed by atoms with E-state index in [-0.39, 0.29) is 44.5 Å². The van der Waals surface area contributed by atoms with Crippen LogP contribution in [0.2, 0.25) is 0 Å². The first kappa shape index (κ1) is 46.2. The summed E-state index contributed by atoms with van der Waals surface area (Å²) in [5, 5.41) is 68.2. The van der Waals surface area contributed by atoms with Gasteiger partial charge in [0.1, 0.15) is 29.7 Å². The number of methoxy groups -OCH3 is 1. The SMILES string of the molecule is CCN(/C=N/N=C/c1c2c(O)c3c(O)c(C)c4c(c3c1O)C(=O)[C@@](C)(O/C=C/[C@H](OC)[C@@H](C)[C@@H](OC(C)=O)[C@@H](C)[C@@H](O)[C@H](C)[C@@H](O)[C@H](C)/C=C/C=C(/C)C(=O)N2)O4)CC. The molecule has 5 rings (SSSR count). The van der Waals surface area contributed by atoms with Crippen molar-refractivity contribution in [2.45, 2.75) is 99.4 Å². The number of ketones is 1. The van der Waals surface area contributed by atoms with Crippen LogP contribution >= 0.6 is 0 Å². The first-order valence-corrected chi connectivity index (χ1v) is 19.6. The van der Waals surface area contributed by atoms with Crippen LogP contribution < -0.4 is 10.1 Å². The van der Waals surface area contributed by atoms with Crippen LogP contribution in [0.25, 0.3) is 10.8 Å². The maximum atomic E-state index is 14.4. The molecule has 0 aliphatic carbocycles. The number of ether oxygens (including phenoxy) is 4. The lowest BCUT2D eigenvalue weighted by Crippen LogP contribution is -2.46. The number of phenolic OH excluding ortho intramolecular Hbond substituents is 3. The second-order valence-electron chi connectivity index (χ2n) is 15.3. The van der Waals surface area contributed by atoms with Crippen molar-refractivity contribution in [3.63, 3.8) is 0 Å². The Labute approximate surface area is 344 Å². The van der Waals surface area contributed by atoms with Crippen molar-refractivity contribution in [3.8, 4) is 23.0 Å². The fraction of sp³-hybridized carbons (Fsp3) is 0.512. The summed E-state index contributed by atoms with van der Waals surface area (Å²) in [5.41, 5.74) is -0.600. The Hall–Kier alpha value is -5.45. The molecule has 9 atom stereocenters. The minimum atomic E-state index is -2.06. The van der Waals surface area contributed by atoms with E-state index in [9.17, 15) is 39.9 Å². The molecule has 0 radical (unpaired) electrons. The van der Waals surface area contributed by atoms with Crippen LogP contribution in [0, 0.1) is 30.6 Å². The number of amides is 1. The number of nitrogens with zero attached hydrogens (tertiary/aromatic N) is 3. The van der Waals surface area contributed by atoms with Crippen molar-refractivity contribution in [2.24, 2.45) is 33.9 Å². The first-order valence-electron chi connectivity index (χ1n) is 19.6. The molecule has 1 amide bonds. The fourth-order valence-electron chi connectivity index (χ4n) is 7.45. The number of esters is 1. The fourth-order valence-corrected chi connectivity index (χ4v) is 7.45. The Balaban J connectivity index is 1.98. The predicted octanol–water partition coefficient (Wildman–Crippen LogP) is 5.46. The van der Waals surface area contributed by atoms with E-state index in [1.807, 2.05) is 18.7 Å². The van der Waals surface area contributed by atoms with E-state index in [1.165, 1.54) is 59.6 Å². The maximum Gasteiger partial charge on any atom is 0.312 e. The van der Waals surface area contributed by atoms with Crippen molar-refractivity contribution in [1.29, 1.82) is 0 Å². The van der Waals surface area contributed by atoms with Crippen molar-refractivity contribution in [1.82, 2.24) is 4.90 Å². The highest BCUT2D eigenvalue weighted by Gasteiger charge is 2.50. The molecule has 0 saturated heterocycles. The van der Waals surface area contributed by atoms with Gasteiger partial charge in [0.05, 0.1) is 53.0 Å². The average molecular weight is 823 g/mol. The van der Waals surface area contributed by atoms with Crippen molar-refractivity contribution < 1.29 is 58.9 Å². The maximum absolute atomic E-state index is 14.4. The van der Waals surface area contributed by atoms with Gasteiger partial charge >= 0.3 is 11.8 Å². The van der Waals surface area contributed by atoms with Gasteiger partial charge in [-0.2, -0.15) is 5.10 Å². The van der Waals surface area contributed by atoms with E-state index < -0.39 is 88.8 Å². The van der Waals surface area contributed by atoms with Crippen LogP contribution in [0.3, 0.4) is 0 Å². The molecule has 0 saturated carbocycles. The van der Waals surface area contributed by atoms with Crippen molar-refractivity contribution >= 4 is 46.7 Å². The lowest BCUT2D eigenvalue weighted by Gasteiger charge is -2.38. The van der Waals surface area contributed by atoms with E-state index in [0.29, 0.717) is 13.1 Å². The predicted molar refractivity (Wildman–Crippen MR) is 223 cm³/mol. The Kier molecular flexibility index (Phi) is 15.0. The second-order valence-corrected chi connectivity index (χ2v) is 15.3. The molecular formula is C43H58N4O12. The van der Waals surface area contributed by atoms with E-state index in [4.69, 9.17) is 18.9 Å². The summed E-state index contributed by atoms with van der Waals surface area (Å²) < 4.78 is 23.5. The van der Waals surface area contributed by atoms with Crippen molar-refractivity contribution in [2.75, 3.05) is 25.5 Å². The minimum absolute atomic E-state index is 0.0341. The van der Waals surface area contributed by atoms with Gasteiger partial charge in [-0.1, -0.05) is 45.9 Å². The summed E-state index contributed by atoms with van der Waals surface area (Å²) >= 11 is 0. The number of allylic oxidation sites excluding steroid dienone is 2. The highest BCUT2D eigenvalue weighted by molar-refractivity contribution is 6.23. The normalized spacial score (nSPS) is 30.2. The first-order chi connectivity index (χ1) is 27.8. The van der Waals surface area contributed by atoms with Gasteiger partial charge in [0.15, 0.2) is 5.75 Å². The van der Waals surface area contributed by atoms with E-state index in [0.717, 1.165) is 6.21 Å². The minimum Gasteiger partial charge on any atom is -0.507 e. The number of aliphatic hydroxyl groups excluding tert-OH is 2. The molecule has 2 aromatic rings. The lowest BCUT2D eigenvalue weighted by molar-refractivity contribution is -0.160. The molecule has 322 valence electrons. The van der Waals surface area contributed by atoms with Gasteiger partial charge in [-0.05, 0) is 33.8 Å². The molecule has 0 unspecified atom stereocenters. The molecule has 0 spiro atoms. The molecule has 3 aliphatic heterocycles. The molecule has 3 aliphatic rings. The number of Topliss-reactive ketones (excluding diaryl/α,β-unsaturated/α-hetero) is 1. The average Bonchev–Trinajstić information content (AvgIpc) is 3.47. The molecule has 0 fully saturated rings. The summed E-state index contributed by atoms with van der Waals surface area (Å²) in [4.78, 5) is 42.2. The molecular weight excluding hydrogens is 764 g/mol. The Morgan fingerprint density at radius 3 is 2.22 bits per heavy atom.